The number of carbonyl (C=O) groups is 1. The van der Waals surface area contributed by atoms with E-state index in [4.69, 9.17) is 18.9 Å². The SMILES string of the molecule is COc1ccc(C=Cc2cc(OC)c(OC)c(OC)c2)cc1NC=CC(=O)c1ccccc1. The first-order valence-electron chi connectivity index (χ1n) is 10.3. The molecule has 0 fully saturated rings. The van der Waals surface area contributed by atoms with E-state index in [9.17, 15) is 4.79 Å². The lowest BCUT2D eigenvalue weighted by atomic mass is 10.1. The van der Waals surface area contributed by atoms with Crippen molar-refractivity contribution >= 4 is 23.6 Å². The van der Waals surface area contributed by atoms with Gasteiger partial charge in [-0.1, -0.05) is 48.6 Å². The van der Waals surface area contributed by atoms with Crippen molar-refractivity contribution in [1.82, 2.24) is 0 Å². The zero-order chi connectivity index (χ0) is 23.6. The molecule has 0 atom stereocenters. The lowest BCUT2D eigenvalue weighted by molar-refractivity contribution is 0.104. The lowest BCUT2D eigenvalue weighted by Gasteiger charge is -2.13. The molecule has 0 radical (unpaired) electrons. The second-order valence-electron chi connectivity index (χ2n) is 6.96. The van der Waals surface area contributed by atoms with Gasteiger partial charge in [0.25, 0.3) is 0 Å². The molecule has 0 aliphatic rings. The van der Waals surface area contributed by atoms with Gasteiger partial charge in [0, 0.05) is 17.8 Å². The average molecular weight is 446 g/mol. The second kappa shape index (κ2) is 11.4. The molecule has 0 aromatic heterocycles. The van der Waals surface area contributed by atoms with Crippen LogP contribution in [0.1, 0.15) is 21.5 Å². The Labute approximate surface area is 194 Å². The molecule has 170 valence electrons. The maximum absolute atomic E-state index is 12.3. The van der Waals surface area contributed by atoms with Crippen LogP contribution in [0, 0.1) is 0 Å². The van der Waals surface area contributed by atoms with Crippen molar-refractivity contribution in [3.63, 3.8) is 0 Å². The zero-order valence-corrected chi connectivity index (χ0v) is 19.1. The molecule has 3 aromatic carbocycles. The molecule has 0 saturated carbocycles. The normalized spacial score (nSPS) is 10.9. The summed E-state index contributed by atoms with van der Waals surface area (Å²) in [5.74, 6) is 2.30. The average Bonchev–Trinajstić information content (AvgIpc) is 2.87. The van der Waals surface area contributed by atoms with Crippen molar-refractivity contribution in [2.75, 3.05) is 33.8 Å². The van der Waals surface area contributed by atoms with E-state index >= 15 is 0 Å². The fraction of sp³-hybridized carbons (Fsp3) is 0.148. The minimum atomic E-state index is -0.0829. The van der Waals surface area contributed by atoms with E-state index in [-0.39, 0.29) is 5.78 Å². The predicted molar refractivity (Wildman–Crippen MR) is 132 cm³/mol. The molecule has 0 heterocycles. The van der Waals surface area contributed by atoms with Gasteiger partial charge in [0.05, 0.1) is 34.1 Å². The van der Waals surface area contributed by atoms with Crippen LogP contribution in [-0.4, -0.2) is 34.2 Å². The molecule has 3 aromatic rings. The number of methoxy groups -OCH3 is 4. The first-order valence-corrected chi connectivity index (χ1v) is 10.3. The van der Waals surface area contributed by atoms with Crippen LogP contribution in [0.3, 0.4) is 0 Å². The highest BCUT2D eigenvalue weighted by molar-refractivity contribution is 6.04. The summed E-state index contributed by atoms with van der Waals surface area (Å²) < 4.78 is 21.6. The van der Waals surface area contributed by atoms with Gasteiger partial charge >= 0.3 is 0 Å². The lowest BCUT2D eigenvalue weighted by Crippen LogP contribution is -1.97. The van der Waals surface area contributed by atoms with E-state index in [0.717, 1.165) is 16.8 Å². The Hall–Kier alpha value is -4.19. The van der Waals surface area contributed by atoms with Gasteiger partial charge in [-0.2, -0.15) is 0 Å². The molecule has 0 amide bonds. The van der Waals surface area contributed by atoms with Crippen LogP contribution < -0.4 is 24.3 Å². The summed E-state index contributed by atoms with van der Waals surface area (Å²) >= 11 is 0. The van der Waals surface area contributed by atoms with E-state index in [1.54, 1.807) is 46.8 Å². The van der Waals surface area contributed by atoms with Crippen LogP contribution in [0.15, 0.2) is 72.9 Å². The van der Waals surface area contributed by atoms with Crippen LogP contribution in [0.4, 0.5) is 5.69 Å². The molecule has 1 N–H and O–H groups in total. The van der Waals surface area contributed by atoms with E-state index in [1.807, 2.05) is 60.7 Å². The van der Waals surface area contributed by atoms with Crippen molar-refractivity contribution in [2.24, 2.45) is 0 Å². The maximum Gasteiger partial charge on any atom is 0.203 e. The van der Waals surface area contributed by atoms with Gasteiger partial charge in [-0.05, 0) is 35.4 Å². The molecule has 33 heavy (non-hydrogen) atoms. The quantitative estimate of drug-likeness (QED) is 0.245. The summed E-state index contributed by atoms with van der Waals surface area (Å²) in [5.41, 5.74) is 3.20. The number of benzene rings is 3. The molecule has 0 aliphatic heterocycles. The molecule has 0 bridgehead atoms. The fourth-order valence-corrected chi connectivity index (χ4v) is 3.24. The van der Waals surface area contributed by atoms with Crippen LogP contribution in [0.2, 0.25) is 0 Å². The summed E-state index contributed by atoms with van der Waals surface area (Å²) in [6.45, 7) is 0. The molecule has 6 heteroatoms. The molecule has 6 nitrogen and oxygen atoms in total. The zero-order valence-electron chi connectivity index (χ0n) is 19.1. The molecule has 3 rings (SSSR count). The van der Waals surface area contributed by atoms with E-state index in [2.05, 4.69) is 5.32 Å². The van der Waals surface area contributed by atoms with Crippen LogP contribution in [0.25, 0.3) is 12.2 Å². The van der Waals surface area contributed by atoms with Crippen LogP contribution in [0.5, 0.6) is 23.0 Å². The second-order valence-corrected chi connectivity index (χ2v) is 6.96. The van der Waals surface area contributed by atoms with Crippen LogP contribution in [-0.2, 0) is 0 Å². The van der Waals surface area contributed by atoms with E-state index in [0.29, 0.717) is 28.6 Å². The van der Waals surface area contributed by atoms with Crippen molar-refractivity contribution in [3.05, 3.63) is 89.6 Å². The summed E-state index contributed by atoms with van der Waals surface area (Å²) in [6, 6.07) is 18.6. The highest BCUT2D eigenvalue weighted by Gasteiger charge is 2.12. The van der Waals surface area contributed by atoms with Crippen LogP contribution >= 0.6 is 0 Å². The molecule has 0 spiro atoms. The van der Waals surface area contributed by atoms with Gasteiger partial charge in [-0.3, -0.25) is 4.79 Å². The Morgan fingerprint density at radius 1 is 0.727 bits per heavy atom. The van der Waals surface area contributed by atoms with E-state index < -0.39 is 0 Å². The summed E-state index contributed by atoms with van der Waals surface area (Å²) in [5, 5.41) is 3.14. The Morgan fingerprint density at radius 3 is 1.97 bits per heavy atom. The van der Waals surface area contributed by atoms with Gasteiger partial charge in [0.15, 0.2) is 17.3 Å². The number of carbonyl (C=O) groups excluding carboxylic acids is 1. The number of nitrogens with one attached hydrogen (secondary N) is 1. The minimum Gasteiger partial charge on any atom is -0.495 e. The molecular formula is C27H27NO5. The number of hydrogen-bond donors (Lipinski definition) is 1. The predicted octanol–water partition coefficient (Wildman–Crippen LogP) is 5.70. The summed E-state index contributed by atoms with van der Waals surface area (Å²) in [6.07, 6.45) is 7.02. The van der Waals surface area contributed by atoms with Crippen molar-refractivity contribution in [1.29, 1.82) is 0 Å². The highest BCUT2D eigenvalue weighted by atomic mass is 16.5. The van der Waals surface area contributed by atoms with Crippen molar-refractivity contribution < 1.29 is 23.7 Å². The summed E-state index contributed by atoms with van der Waals surface area (Å²) in [4.78, 5) is 12.3. The fourth-order valence-electron chi connectivity index (χ4n) is 3.24. The smallest absolute Gasteiger partial charge is 0.203 e. The van der Waals surface area contributed by atoms with Gasteiger partial charge in [0.2, 0.25) is 5.75 Å². The molecular weight excluding hydrogens is 418 g/mol. The molecule has 0 unspecified atom stereocenters. The Kier molecular flexibility index (Phi) is 8.13. The summed E-state index contributed by atoms with van der Waals surface area (Å²) in [7, 11) is 6.35. The van der Waals surface area contributed by atoms with Gasteiger partial charge in [-0.25, -0.2) is 0 Å². The first kappa shape index (κ1) is 23.5. The van der Waals surface area contributed by atoms with Gasteiger partial charge in [0.1, 0.15) is 5.75 Å². The minimum absolute atomic E-state index is 0.0829. The Morgan fingerprint density at radius 2 is 1.36 bits per heavy atom. The van der Waals surface area contributed by atoms with Crippen molar-refractivity contribution in [2.45, 2.75) is 0 Å². The third-order valence-electron chi connectivity index (χ3n) is 4.91. The van der Waals surface area contributed by atoms with E-state index in [1.165, 1.54) is 6.08 Å². The third kappa shape index (κ3) is 5.95. The standard InChI is InChI=1S/C27H27NO5/c1-30-24-13-12-19(10-11-20-17-25(31-2)27(33-4)26(18-20)32-3)16-22(24)28-15-14-23(29)21-8-6-5-7-9-21/h5-18,28H,1-4H3. The van der Waals surface area contributed by atoms with Gasteiger partial charge in [-0.15, -0.1) is 0 Å². The topological polar surface area (TPSA) is 66.0 Å². The number of hydrogen-bond acceptors (Lipinski definition) is 6. The van der Waals surface area contributed by atoms with Gasteiger partial charge < -0.3 is 24.3 Å². The first-order chi connectivity index (χ1) is 16.1. The monoisotopic (exact) mass is 445 g/mol. The number of rotatable bonds is 10. The maximum atomic E-state index is 12.3. The van der Waals surface area contributed by atoms with Crippen molar-refractivity contribution in [3.8, 4) is 23.0 Å². The number of ketones is 1. The Balaban J connectivity index is 1.80. The molecule has 0 aliphatic carbocycles. The third-order valence-corrected chi connectivity index (χ3v) is 4.91. The number of allylic oxidation sites excluding steroid dienone is 1. The number of anilines is 1. The Bertz CT molecular complexity index is 1130. The molecule has 0 saturated heterocycles. The highest BCUT2D eigenvalue weighted by Crippen LogP contribution is 2.38. The number of ether oxygens (including phenoxy) is 4. The largest absolute Gasteiger partial charge is 0.495 e.